The van der Waals surface area contributed by atoms with E-state index in [4.69, 9.17) is 0 Å². The van der Waals surface area contributed by atoms with Crippen LogP contribution in [0.2, 0.25) is 0 Å². The number of hydrogen-bond acceptors (Lipinski definition) is 3. The first-order valence-corrected chi connectivity index (χ1v) is 8.56. The van der Waals surface area contributed by atoms with Gasteiger partial charge in [-0.3, -0.25) is 4.90 Å². The van der Waals surface area contributed by atoms with Crippen molar-refractivity contribution in [3.05, 3.63) is 34.7 Å². The Morgan fingerprint density at radius 2 is 1.85 bits per heavy atom. The molecule has 20 heavy (non-hydrogen) atoms. The molecule has 1 fully saturated rings. The molecule has 3 heteroatoms. The number of benzene rings is 1. The molecule has 1 saturated heterocycles. The monoisotopic (exact) mass is 288 g/mol. The first kappa shape index (κ1) is 14.1. The molecule has 0 atom stereocenters. The predicted molar refractivity (Wildman–Crippen MR) is 88.3 cm³/mol. The molecule has 1 aromatic heterocycles. The zero-order chi connectivity index (χ0) is 13.8. The molecule has 0 aliphatic carbocycles. The Kier molecular flexibility index (Phi) is 4.71. The molecule has 1 aromatic carbocycles. The Morgan fingerprint density at radius 1 is 1.10 bits per heavy atom. The molecule has 2 nitrogen and oxygen atoms in total. The maximum Gasteiger partial charge on any atom is 0.0349 e. The van der Waals surface area contributed by atoms with E-state index in [2.05, 4.69) is 34.5 Å². The Morgan fingerprint density at radius 3 is 2.60 bits per heavy atom. The summed E-state index contributed by atoms with van der Waals surface area (Å²) in [6.45, 7) is 4.65. The second-order valence-electron chi connectivity index (χ2n) is 5.72. The quantitative estimate of drug-likeness (QED) is 0.915. The van der Waals surface area contributed by atoms with Gasteiger partial charge in [-0.1, -0.05) is 31.0 Å². The van der Waals surface area contributed by atoms with Crippen LogP contribution in [0.3, 0.4) is 0 Å². The summed E-state index contributed by atoms with van der Waals surface area (Å²) in [6, 6.07) is 8.87. The number of hydrogen-bond donors (Lipinski definition) is 1. The minimum absolute atomic E-state index is 0.989. The van der Waals surface area contributed by atoms with Gasteiger partial charge >= 0.3 is 0 Å². The molecule has 1 aliphatic rings. The fourth-order valence-electron chi connectivity index (χ4n) is 3.14. The summed E-state index contributed by atoms with van der Waals surface area (Å²) in [5.74, 6) is 0. The van der Waals surface area contributed by atoms with Crippen LogP contribution in [0.4, 0.5) is 0 Å². The van der Waals surface area contributed by atoms with Crippen LogP contribution in [0.1, 0.15) is 36.1 Å². The van der Waals surface area contributed by atoms with Crippen molar-refractivity contribution in [2.75, 3.05) is 20.1 Å². The van der Waals surface area contributed by atoms with Crippen LogP contribution < -0.4 is 5.32 Å². The van der Waals surface area contributed by atoms with Crippen LogP contribution in [0.5, 0.6) is 0 Å². The summed E-state index contributed by atoms with van der Waals surface area (Å²) in [5, 5.41) is 4.79. The number of thiophene rings is 1. The summed E-state index contributed by atoms with van der Waals surface area (Å²) < 4.78 is 1.43. The van der Waals surface area contributed by atoms with Crippen LogP contribution >= 0.6 is 11.3 Å². The molecule has 2 aromatic rings. The predicted octanol–water partition coefficient (Wildman–Crippen LogP) is 4.00. The summed E-state index contributed by atoms with van der Waals surface area (Å²) >= 11 is 1.95. The minimum Gasteiger partial charge on any atom is -0.315 e. The molecule has 1 N–H and O–H groups in total. The molecule has 0 radical (unpaired) electrons. The zero-order valence-corrected chi connectivity index (χ0v) is 13.1. The molecule has 2 heterocycles. The lowest BCUT2D eigenvalue weighted by Gasteiger charge is -2.20. The van der Waals surface area contributed by atoms with E-state index >= 15 is 0 Å². The minimum atomic E-state index is 0.989. The molecule has 0 saturated carbocycles. The SMILES string of the molecule is CNCc1sc2ccccc2c1CN1CCCCCC1. The van der Waals surface area contributed by atoms with E-state index in [9.17, 15) is 0 Å². The molecule has 0 amide bonds. The van der Waals surface area contributed by atoms with E-state index in [1.165, 1.54) is 53.7 Å². The maximum atomic E-state index is 3.33. The lowest BCUT2D eigenvalue weighted by Crippen LogP contribution is -2.24. The van der Waals surface area contributed by atoms with Gasteiger partial charge < -0.3 is 5.32 Å². The van der Waals surface area contributed by atoms with Gasteiger partial charge in [0.15, 0.2) is 0 Å². The lowest BCUT2D eigenvalue weighted by molar-refractivity contribution is 0.277. The first-order valence-electron chi connectivity index (χ1n) is 7.74. The maximum absolute atomic E-state index is 3.33. The first-order chi connectivity index (χ1) is 9.88. The van der Waals surface area contributed by atoms with Crippen molar-refractivity contribution in [2.45, 2.75) is 38.8 Å². The van der Waals surface area contributed by atoms with Crippen molar-refractivity contribution in [1.29, 1.82) is 0 Å². The Balaban J connectivity index is 1.89. The summed E-state index contributed by atoms with van der Waals surface area (Å²) in [6.07, 6.45) is 5.54. The number of nitrogens with one attached hydrogen (secondary N) is 1. The van der Waals surface area contributed by atoms with E-state index in [-0.39, 0.29) is 0 Å². The lowest BCUT2D eigenvalue weighted by atomic mass is 10.1. The highest BCUT2D eigenvalue weighted by molar-refractivity contribution is 7.19. The summed E-state index contributed by atoms with van der Waals surface area (Å²) in [4.78, 5) is 4.17. The van der Waals surface area contributed by atoms with Crippen molar-refractivity contribution < 1.29 is 0 Å². The second-order valence-corrected chi connectivity index (χ2v) is 6.86. The van der Waals surface area contributed by atoms with Gasteiger partial charge in [0.2, 0.25) is 0 Å². The van der Waals surface area contributed by atoms with Gasteiger partial charge in [-0.25, -0.2) is 0 Å². The highest BCUT2D eigenvalue weighted by atomic mass is 32.1. The van der Waals surface area contributed by atoms with Crippen molar-refractivity contribution in [3.8, 4) is 0 Å². The van der Waals surface area contributed by atoms with Crippen LogP contribution in [-0.2, 0) is 13.1 Å². The number of nitrogens with zero attached hydrogens (tertiary/aromatic N) is 1. The highest BCUT2D eigenvalue weighted by Gasteiger charge is 2.16. The molecule has 3 rings (SSSR count). The molecule has 0 spiro atoms. The van der Waals surface area contributed by atoms with Gasteiger partial charge in [0, 0.05) is 22.7 Å². The van der Waals surface area contributed by atoms with Gasteiger partial charge in [0.05, 0.1) is 0 Å². The van der Waals surface area contributed by atoms with E-state index in [1.54, 1.807) is 5.56 Å². The van der Waals surface area contributed by atoms with E-state index < -0.39 is 0 Å². The average Bonchev–Trinajstić information content (AvgIpc) is 2.64. The van der Waals surface area contributed by atoms with Crippen molar-refractivity contribution in [2.24, 2.45) is 0 Å². The van der Waals surface area contributed by atoms with Crippen LogP contribution in [0.15, 0.2) is 24.3 Å². The molecular formula is C17H24N2S. The fraction of sp³-hybridized carbons (Fsp3) is 0.529. The van der Waals surface area contributed by atoms with Crippen molar-refractivity contribution >= 4 is 21.4 Å². The third-order valence-corrected chi connectivity index (χ3v) is 5.41. The Bertz CT molecular complexity index is 553. The van der Waals surface area contributed by atoms with Gasteiger partial charge in [0.1, 0.15) is 0 Å². The molecule has 0 bridgehead atoms. The average molecular weight is 288 g/mol. The summed E-state index contributed by atoms with van der Waals surface area (Å²) in [7, 11) is 2.04. The zero-order valence-electron chi connectivity index (χ0n) is 12.3. The number of rotatable bonds is 4. The van der Waals surface area contributed by atoms with Gasteiger partial charge in [0.25, 0.3) is 0 Å². The second kappa shape index (κ2) is 6.70. The standard InChI is InChI=1S/C17H24N2S/c1-18-12-17-15(13-19-10-6-2-3-7-11-19)14-8-4-5-9-16(14)20-17/h4-5,8-9,18H,2-3,6-7,10-13H2,1H3. The fourth-order valence-corrected chi connectivity index (χ4v) is 4.37. The topological polar surface area (TPSA) is 15.3 Å². The van der Waals surface area contributed by atoms with Crippen LogP contribution in [0, 0.1) is 0 Å². The molecule has 108 valence electrons. The van der Waals surface area contributed by atoms with Gasteiger partial charge in [-0.15, -0.1) is 11.3 Å². The molecule has 1 aliphatic heterocycles. The third kappa shape index (κ3) is 3.05. The Labute approximate surface area is 125 Å². The third-order valence-electron chi connectivity index (χ3n) is 4.20. The normalized spacial score (nSPS) is 17.4. The van der Waals surface area contributed by atoms with Crippen molar-refractivity contribution in [3.63, 3.8) is 0 Å². The van der Waals surface area contributed by atoms with E-state index in [0.29, 0.717) is 0 Å². The Hall–Kier alpha value is -0.900. The van der Waals surface area contributed by atoms with E-state index in [1.807, 2.05) is 18.4 Å². The van der Waals surface area contributed by atoms with Gasteiger partial charge in [-0.05, 0) is 50.0 Å². The smallest absolute Gasteiger partial charge is 0.0349 e. The van der Waals surface area contributed by atoms with Crippen molar-refractivity contribution in [1.82, 2.24) is 10.2 Å². The molecular weight excluding hydrogens is 264 g/mol. The highest BCUT2D eigenvalue weighted by Crippen LogP contribution is 2.32. The number of likely N-dealkylation sites (tertiary alicyclic amines) is 1. The van der Waals surface area contributed by atoms with Crippen LogP contribution in [0.25, 0.3) is 10.1 Å². The van der Waals surface area contributed by atoms with E-state index in [0.717, 1.165) is 13.1 Å². The summed E-state index contributed by atoms with van der Waals surface area (Å²) in [5.41, 5.74) is 1.56. The largest absolute Gasteiger partial charge is 0.315 e. The number of fused-ring (bicyclic) bond motifs is 1. The molecule has 0 unspecified atom stereocenters. The van der Waals surface area contributed by atoms with Crippen LogP contribution in [-0.4, -0.2) is 25.0 Å². The van der Waals surface area contributed by atoms with Gasteiger partial charge in [-0.2, -0.15) is 0 Å².